The summed E-state index contributed by atoms with van der Waals surface area (Å²) in [6, 6.07) is 7.85. The van der Waals surface area contributed by atoms with Gasteiger partial charge in [0.1, 0.15) is 6.61 Å². The molecule has 1 aromatic rings. The summed E-state index contributed by atoms with van der Waals surface area (Å²) >= 11 is 0. The van der Waals surface area contributed by atoms with Crippen molar-refractivity contribution in [1.82, 2.24) is 10.2 Å². The Labute approximate surface area is 118 Å². The second-order valence-corrected chi connectivity index (χ2v) is 5.38. The van der Waals surface area contributed by atoms with Crippen molar-refractivity contribution in [2.75, 3.05) is 26.7 Å². The highest BCUT2D eigenvalue weighted by atomic mass is 16.6. The molecule has 0 saturated carbocycles. The fraction of sp³-hybridized carbons (Fsp3) is 0.533. The summed E-state index contributed by atoms with van der Waals surface area (Å²) in [7, 11) is 1.83. The Balaban J connectivity index is 1.60. The molecular weight excluding hydrogens is 256 g/mol. The fourth-order valence-electron chi connectivity index (χ4n) is 2.72. The first-order valence-electron chi connectivity index (χ1n) is 7.11. The maximum atomic E-state index is 12.4. The van der Waals surface area contributed by atoms with E-state index in [2.05, 4.69) is 5.32 Å². The minimum Gasteiger partial charge on any atom is -0.485 e. The van der Waals surface area contributed by atoms with Gasteiger partial charge in [0.15, 0.2) is 11.5 Å². The Bertz CT molecular complexity index is 486. The quantitative estimate of drug-likeness (QED) is 0.896. The molecule has 0 unspecified atom stereocenters. The molecule has 1 aromatic carbocycles. The van der Waals surface area contributed by atoms with Crippen molar-refractivity contribution >= 4 is 5.91 Å². The molecule has 20 heavy (non-hydrogen) atoms. The predicted molar refractivity (Wildman–Crippen MR) is 75.0 cm³/mol. The second-order valence-electron chi connectivity index (χ2n) is 5.38. The SMILES string of the molecule is CN(C[C@H]1CCCN1)C(=O)[C@@H]1COc2ccccc2O1. The molecule has 5 heteroatoms. The number of hydrogen-bond donors (Lipinski definition) is 1. The van der Waals surface area contributed by atoms with Gasteiger partial charge in [0.05, 0.1) is 0 Å². The van der Waals surface area contributed by atoms with E-state index in [9.17, 15) is 4.79 Å². The van der Waals surface area contributed by atoms with E-state index in [0.29, 0.717) is 17.5 Å². The lowest BCUT2D eigenvalue weighted by molar-refractivity contribution is -0.140. The Hall–Kier alpha value is -1.75. The van der Waals surface area contributed by atoms with Crippen LogP contribution in [0.2, 0.25) is 0 Å². The zero-order valence-corrected chi connectivity index (χ0v) is 11.7. The van der Waals surface area contributed by atoms with Gasteiger partial charge in [-0.25, -0.2) is 0 Å². The largest absolute Gasteiger partial charge is 0.485 e. The smallest absolute Gasteiger partial charge is 0.267 e. The first kappa shape index (κ1) is 13.2. The molecule has 2 aliphatic rings. The van der Waals surface area contributed by atoms with Crippen molar-refractivity contribution < 1.29 is 14.3 Å². The van der Waals surface area contributed by atoms with Gasteiger partial charge in [0, 0.05) is 19.6 Å². The Morgan fingerprint density at radius 3 is 2.95 bits per heavy atom. The number of carbonyl (C=O) groups is 1. The number of likely N-dealkylation sites (N-methyl/N-ethyl adjacent to an activating group) is 1. The summed E-state index contributed by atoms with van der Waals surface area (Å²) in [6.45, 7) is 2.04. The molecule has 0 radical (unpaired) electrons. The number of hydrogen-bond acceptors (Lipinski definition) is 4. The minimum absolute atomic E-state index is 0.0202. The molecule has 0 bridgehead atoms. The predicted octanol–water partition coefficient (Wildman–Crippen LogP) is 1.04. The molecule has 0 aliphatic carbocycles. The molecular formula is C15H20N2O3. The Kier molecular flexibility index (Phi) is 3.78. The van der Waals surface area contributed by atoms with E-state index >= 15 is 0 Å². The molecule has 108 valence electrons. The Morgan fingerprint density at radius 2 is 2.20 bits per heavy atom. The van der Waals surface area contributed by atoms with Crippen LogP contribution in [0.5, 0.6) is 11.5 Å². The number of amides is 1. The van der Waals surface area contributed by atoms with Gasteiger partial charge in [-0.05, 0) is 31.5 Å². The van der Waals surface area contributed by atoms with Gasteiger partial charge in [-0.15, -0.1) is 0 Å². The van der Waals surface area contributed by atoms with Crippen LogP contribution in [0.3, 0.4) is 0 Å². The topological polar surface area (TPSA) is 50.8 Å². The van der Waals surface area contributed by atoms with Gasteiger partial charge < -0.3 is 19.7 Å². The monoisotopic (exact) mass is 276 g/mol. The van der Waals surface area contributed by atoms with Crippen LogP contribution in [-0.4, -0.2) is 49.7 Å². The molecule has 1 saturated heterocycles. The van der Waals surface area contributed by atoms with Crippen molar-refractivity contribution in [1.29, 1.82) is 0 Å². The number of fused-ring (bicyclic) bond motifs is 1. The van der Waals surface area contributed by atoms with E-state index in [1.807, 2.05) is 31.3 Å². The molecule has 3 rings (SSSR count). The zero-order chi connectivity index (χ0) is 13.9. The maximum absolute atomic E-state index is 12.4. The van der Waals surface area contributed by atoms with Gasteiger partial charge in [-0.3, -0.25) is 4.79 Å². The summed E-state index contributed by atoms with van der Waals surface area (Å²) in [6.07, 6.45) is 1.77. The fourth-order valence-corrected chi connectivity index (χ4v) is 2.72. The number of para-hydroxylation sites is 2. The lowest BCUT2D eigenvalue weighted by Gasteiger charge is -2.30. The molecule has 1 N–H and O–H groups in total. The van der Waals surface area contributed by atoms with Crippen LogP contribution in [0.25, 0.3) is 0 Å². The summed E-state index contributed by atoms with van der Waals surface area (Å²) in [5, 5.41) is 3.39. The van der Waals surface area contributed by atoms with Gasteiger partial charge in [0.25, 0.3) is 5.91 Å². The van der Waals surface area contributed by atoms with Gasteiger partial charge in [-0.2, -0.15) is 0 Å². The van der Waals surface area contributed by atoms with Crippen molar-refractivity contribution in [3.63, 3.8) is 0 Å². The van der Waals surface area contributed by atoms with Crippen molar-refractivity contribution in [3.05, 3.63) is 24.3 Å². The van der Waals surface area contributed by atoms with Crippen LogP contribution in [-0.2, 0) is 4.79 Å². The van der Waals surface area contributed by atoms with Crippen LogP contribution < -0.4 is 14.8 Å². The van der Waals surface area contributed by atoms with Crippen LogP contribution in [0.4, 0.5) is 0 Å². The first-order valence-corrected chi connectivity index (χ1v) is 7.11. The highest BCUT2D eigenvalue weighted by Gasteiger charge is 2.30. The first-order chi connectivity index (χ1) is 9.74. The van der Waals surface area contributed by atoms with Crippen LogP contribution in [0, 0.1) is 0 Å². The third kappa shape index (κ3) is 2.72. The van der Waals surface area contributed by atoms with Crippen molar-refractivity contribution in [2.24, 2.45) is 0 Å². The Morgan fingerprint density at radius 1 is 1.40 bits per heavy atom. The second kappa shape index (κ2) is 5.71. The van der Waals surface area contributed by atoms with Crippen LogP contribution in [0.15, 0.2) is 24.3 Å². The lowest BCUT2D eigenvalue weighted by Crippen LogP contribution is -2.48. The average molecular weight is 276 g/mol. The van der Waals surface area contributed by atoms with E-state index in [1.54, 1.807) is 4.90 Å². The molecule has 0 spiro atoms. The number of benzene rings is 1. The normalized spacial score (nSPS) is 24.4. The lowest BCUT2D eigenvalue weighted by atomic mass is 10.2. The maximum Gasteiger partial charge on any atom is 0.267 e. The van der Waals surface area contributed by atoms with E-state index < -0.39 is 6.10 Å². The van der Waals surface area contributed by atoms with Crippen molar-refractivity contribution in [2.45, 2.75) is 25.0 Å². The summed E-state index contributed by atoms with van der Waals surface area (Å²) in [5.74, 6) is 1.33. The number of rotatable bonds is 3. The zero-order valence-electron chi connectivity index (χ0n) is 11.7. The summed E-state index contributed by atoms with van der Waals surface area (Å²) < 4.78 is 11.3. The van der Waals surface area contributed by atoms with E-state index in [1.165, 1.54) is 6.42 Å². The molecule has 1 fully saturated rings. The van der Waals surface area contributed by atoms with Crippen LogP contribution in [0.1, 0.15) is 12.8 Å². The molecule has 2 heterocycles. The highest BCUT2D eigenvalue weighted by Crippen LogP contribution is 2.31. The summed E-state index contributed by atoms with van der Waals surface area (Å²) in [5.41, 5.74) is 0. The average Bonchev–Trinajstić information content (AvgIpc) is 2.99. The van der Waals surface area contributed by atoms with Gasteiger partial charge in [0.2, 0.25) is 6.10 Å². The van der Waals surface area contributed by atoms with Crippen LogP contribution >= 0.6 is 0 Å². The summed E-state index contributed by atoms with van der Waals surface area (Å²) in [4.78, 5) is 14.1. The molecule has 2 atom stereocenters. The number of nitrogens with zero attached hydrogens (tertiary/aromatic N) is 1. The highest BCUT2D eigenvalue weighted by molar-refractivity contribution is 5.81. The standard InChI is InChI=1S/C15H20N2O3/c1-17(9-11-5-4-8-16-11)15(18)14-10-19-12-6-2-3-7-13(12)20-14/h2-3,6-7,11,14,16H,4-5,8-10H2,1H3/t11-,14+/m1/s1. The van der Waals surface area contributed by atoms with E-state index in [-0.39, 0.29) is 12.5 Å². The molecule has 1 amide bonds. The molecule has 0 aromatic heterocycles. The van der Waals surface area contributed by atoms with E-state index in [4.69, 9.17) is 9.47 Å². The molecule has 2 aliphatic heterocycles. The van der Waals surface area contributed by atoms with Crippen molar-refractivity contribution in [3.8, 4) is 11.5 Å². The third-order valence-electron chi connectivity index (χ3n) is 3.82. The number of carbonyl (C=O) groups excluding carboxylic acids is 1. The van der Waals surface area contributed by atoms with Gasteiger partial charge in [-0.1, -0.05) is 12.1 Å². The minimum atomic E-state index is -0.545. The number of nitrogens with one attached hydrogen (secondary N) is 1. The molecule has 5 nitrogen and oxygen atoms in total. The van der Waals surface area contributed by atoms with E-state index in [0.717, 1.165) is 19.5 Å². The third-order valence-corrected chi connectivity index (χ3v) is 3.82. The van der Waals surface area contributed by atoms with Gasteiger partial charge >= 0.3 is 0 Å². The number of ether oxygens (including phenoxy) is 2.